The number of hydrazine groups is 1. The van der Waals surface area contributed by atoms with Crippen molar-refractivity contribution < 1.29 is 18.7 Å². The number of carboxylic acid groups (broad SMARTS) is 1. The molecule has 0 spiro atoms. The first kappa shape index (κ1) is 17.7. The van der Waals surface area contributed by atoms with Crippen molar-refractivity contribution in [2.24, 2.45) is 5.84 Å². The third kappa shape index (κ3) is 3.98. The van der Waals surface area contributed by atoms with Gasteiger partial charge in [0.15, 0.2) is 11.6 Å². The molecule has 0 aliphatic carbocycles. The van der Waals surface area contributed by atoms with Gasteiger partial charge in [0, 0.05) is 10.6 Å². The van der Waals surface area contributed by atoms with Crippen LogP contribution >= 0.6 is 11.6 Å². The highest BCUT2D eigenvalue weighted by Crippen LogP contribution is 2.27. The zero-order chi connectivity index (χ0) is 17.9. The molecule has 2 rings (SSSR count). The summed E-state index contributed by atoms with van der Waals surface area (Å²) in [6.45, 7) is 3.40. The lowest BCUT2D eigenvalue weighted by molar-refractivity contribution is -0.132. The van der Waals surface area contributed by atoms with Crippen LogP contribution in [0.2, 0.25) is 5.02 Å². The Morgan fingerprint density at radius 1 is 1.21 bits per heavy atom. The average molecular weight is 351 g/mol. The fourth-order valence-electron chi connectivity index (χ4n) is 1.94. The molecule has 4 nitrogen and oxygen atoms in total. The van der Waals surface area contributed by atoms with Crippen LogP contribution in [0.25, 0.3) is 5.70 Å². The van der Waals surface area contributed by atoms with Crippen LogP contribution in [0, 0.1) is 11.6 Å². The number of nitrogens with two attached hydrogens (primary N) is 1. The monoisotopic (exact) mass is 350 g/mol. The molecule has 0 bridgehead atoms. The maximum Gasteiger partial charge on any atom is 0.335 e. The molecule has 7 heteroatoms. The summed E-state index contributed by atoms with van der Waals surface area (Å²) in [6, 6.07) is 9.57. The van der Waals surface area contributed by atoms with Crippen LogP contribution in [0.4, 0.5) is 14.5 Å². The van der Waals surface area contributed by atoms with Crippen LogP contribution in [-0.4, -0.2) is 11.1 Å². The standard InChI is InChI=1S/C17H13ClF2N2O2/c1-10(17(23)24)7-16(11-5-6-14(19)15(20)8-11)22(21)13-4-2-3-12(18)9-13/h2-9H,1,21H2,(H,23,24)/b16-7-. The van der Waals surface area contributed by atoms with Crippen LogP contribution in [0.5, 0.6) is 0 Å². The van der Waals surface area contributed by atoms with Gasteiger partial charge in [-0.2, -0.15) is 0 Å². The normalized spacial score (nSPS) is 11.2. The molecule has 0 fully saturated rings. The van der Waals surface area contributed by atoms with Crippen molar-refractivity contribution in [1.29, 1.82) is 0 Å². The van der Waals surface area contributed by atoms with Gasteiger partial charge in [0.1, 0.15) is 0 Å². The lowest BCUT2D eigenvalue weighted by Gasteiger charge is -2.23. The van der Waals surface area contributed by atoms with Crippen LogP contribution in [0.3, 0.4) is 0 Å². The Hall–Kier alpha value is -2.70. The lowest BCUT2D eigenvalue weighted by Crippen LogP contribution is -2.29. The quantitative estimate of drug-likeness (QED) is 0.370. The molecule has 0 aliphatic heterocycles. The Balaban J connectivity index is 2.56. The van der Waals surface area contributed by atoms with Gasteiger partial charge in [-0.1, -0.05) is 24.2 Å². The Labute approximate surface area is 142 Å². The fourth-order valence-corrected chi connectivity index (χ4v) is 2.12. The average Bonchev–Trinajstić information content (AvgIpc) is 2.54. The second-order valence-corrected chi connectivity index (χ2v) is 5.28. The number of hydrogen-bond acceptors (Lipinski definition) is 3. The summed E-state index contributed by atoms with van der Waals surface area (Å²) in [4.78, 5) is 11.0. The molecule has 0 atom stereocenters. The van der Waals surface area contributed by atoms with Crippen molar-refractivity contribution in [1.82, 2.24) is 0 Å². The number of nitrogens with zero attached hydrogens (tertiary/aromatic N) is 1. The first-order chi connectivity index (χ1) is 11.3. The molecule has 0 aromatic heterocycles. The van der Waals surface area contributed by atoms with E-state index in [9.17, 15) is 13.6 Å². The summed E-state index contributed by atoms with van der Waals surface area (Å²) in [5.74, 6) is 2.65. The second kappa shape index (κ2) is 7.25. The lowest BCUT2D eigenvalue weighted by atomic mass is 10.1. The topological polar surface area (TPSA) is 66.6 Å². The minimum Gasteiger partial charge on any atom is -0.478 e. The molecule has 0 unspecified atom stereocenters. The Morgan fingerprint density at radius 2 is 1.92 bits per heavy atom. The van der Waals surface area contributed by atoms with Crippen LogP contribution in [-0.2, 0) is 4.79 Å². The third-order valence-electron chi connectivity index (χ3n) is 3.15. The molecule has 24 heavy (non-hydrogen) atoms. The minimum atomic E-state index is -1.27. The van der Waals surface area contributed by atoms with Gasteiger partial charge in [-0.3, -0.25) is 5.01 Å². The Kier molecular flexibility index (Phi) is 5.33. The predicted molar refractivity (Wildman–Crippen MR) is 89.2 cm³/mol. The molecule has 0 radical (unpaired) electrons. The largest absolute Gasteiger partial charge is 0.478 e. The van der Waals surface area contributed by atoms with Crippen LogP contribution in [0.1, 0.15) is 5.56 Å². The Bertz CT molecular complexity index is 837. The first-order valence-corrected chi connectivity index (χ1v) is 7.07. The Morgan fingerprint density at radius 3 is 2.50 bits per heavy atom. The predicted octanol–water partition coefficient (Wildman–Crippen LogP) is 3.98. The summed E-state index contributed by atoms with van der Waals surface area (Å²) in [6.07, 6.45) is 1.16. The molecule has 0 aliphatic rings. The highest BCUT2D eigenvalue weighted by atomic mass is 35.5. The van der Waals surface area contributed by atoms with Crippen molar-refractivity contribution in [2.45, 2.75) is 0 Å². The van der Waals surface area contributed by atoms with Crippen molar-refractivity contribution in [3.8, 4) is 0 Å². The number of rotatable bonds is 5. The summed E-state index contributed by atoms with van der Waals surface area (Å²) in [7, 11) is 0. The highest BCUT2D eigenvalue weighted by molar-refractivity contribution is 6.30. The van der Waals surface area contributed by atoms with E-state index in [2.05, 4.69) is 6.58 Å². The summed E-state index contributed by atoms with van der Waals surface area (Å²) >= 11 is 5.92. The molecule has 2 aromatic carbocycles. The van der Waals surface area contributed by atoms with Crippen LogP contribution < -0.4 is 10.9 Å². The van der Waals surface area contributed by atoms with E-state index in [4.69, 9.17) is 22.6 Å². The SMILES string of the molecule is C=C(/C=C(/c1ccc(F)c(F)c1)N(N)c1cccc(Cl)c1)C(=O)O. The minimum absolute atomic E-state index is 0.114. The molecular formula is C17H13ClF2N2O2. The molecular weight excluding hydrogens is 338 g/mol. The highest BCUT2D eigenvalue weighted by Gasteiger charge is 2.15. The van der Waals surface area contributed by atoms with Gasteiger partial charge < -0.3 is 5.11 Å². The molecule has 2 aromatic rings. The van der Waals surface area contributed by atoms with Crippen molar-refractivity contribution in [2.75, 3.05) is 5.01 Å². The number of carbonyl (C=O) groups is 1. The summed E-state index contributed by atoms with van der Waals surface area (Å²) < 4.78 is 26.7. The fraction of sp³-hybridized carbons (Fsp3) is 0. The van der Waals surface area contributed by atoms with E-state index >= 15 is 0 Å². The van der Waals surface area contributed by atoms with Gasteiger partial charge >= 0.3 is 5.97 Å². The van der Waals surface area contributed by atoms with Gasteiger partial charge in [-0.15, -0.1) is 0 Å². The van der Waals surface area contributed by atoms with Gasteiger partial charge in [-0.25, -0.2) is 19.4 Å². The molecule has 0 heterocycles. The van der Waals surface area contributed by atoms with Crippen molar-refractivity contribution in [3.63, 3.8) is 0 Å². The van der Waals surface area contributed by atoms with E-state index in [1.165, 1.54) is 6.07 Å². The molecule has 0 amide bonds. The zero-order valence-corrected chi connectivity index (χ0v) is 13.1. The number of hydrogen-bond donors (Lipinski definition) is 2. The van der Waals surface area contributed by atoms with Crippen molar-refractivity contribution >= 4 is 29.0 Å². The molecule has 0 saturated heterocycles. The maximum absolute atomic E-state index is 13.5. The number of anilines is 1. The van der Waals surface area contributed by atoms with Gasteiger partial charge in [0.05, 0.1) is 17.0 Å². The molecule has 3 N–H and O–H groups in total. The zero-order valence-electron chi connectivity index (χ0n) is 12.3. The molecule has 0 saturated carbocycles. The number of halogens is 3. The van der Waals surface area contributed by atoms with Gasteiger partial charge in [0.2, 0.25) is 0 Å². The summed E-state index contributed by atoms with van der Waals surface area (Å²) in [5.41, 5.74) is 0.450. The number of aliphatic carboxylic acids is 1. The van der Waals surface area contributed by atoms with Crippen LogP contribution in [0.15, 0.2) is 60.7 Å². The van der Waals surface area contributed by atoms with Crippen molar-refractivity contribution in [3.05, 3.63) is 82.9 Å². The maximum atomic E-state index is 13.5. The van der Waals surface area contributed by atoms with E-state index in [1.807, 2.05) is 0 Å². The molecule has 124 valence electrons. The second-order valence-electron chi connectivity index (χ2n) is 4.84. The van der Waals surface area contributed by atoms with E-state index < -0.39 is 17.6 Å². The first-order valence-electron chi connectivity index (χ1n) is 6.69. The van der Waals surface area contributed by atoms with Gasteiger partial charge in [-0.05, 0) is 42.5 Å². The van der Waals surface area contributed by atoms with E-state index in [0.717, 1.165) is 23.2 Å². The third-order valence-corrected chi connectivity index (χ3v) is 3.38. The smallest absolute Gasteiger partial charge is 0.335 e. The van der Waals surface area contributed by atoms with E-state index in [0.29, 0.717) is 10.7 Å². The van der Waals surface area contributed by atoms with Gasteiger partial charge in [0.25, 0.3) is 0 Å². The van der Waals surface area contributed by atoms with E-state index in [-0.39, 0.29) is 16.8 Å². The number of carboxylic acids is 1. The van der Waals surface area contributed by atoms with E-state index in [1.54, 1.807) is 24.3 Å². The summed E-state index contributed by atoms with van der Waals surface area (Å²) in [5, 5.41) is 10.5. The number of benzene rings is 2.